The Bertz CT molecular complexity index is 683. The van der Waals surface area contributed by atoms with Crippen LogP contribution in [0.15, 0.2) is 29.2 Å². The molecule has 140 valence electrons. The zero-order valence-corrected chi connectivity index (χ0v) is 16.2. The molecule has 1 aliphatic rings. The predicted molar refractivity (Wildman–Crippen MR) is 96.0 cm³/mol. The molecule has 0 bridgehead atoms. The van der Waals surface area contributed by atoms with Gasteiger partial charge in [0.15, 0.2) is 6.61 Å². The minimum Gasteiger partial charge on any atom is -0.444 e. The normalized spacial score (nSPS) is 16.7. The lowest BCUT2D eigenvalue weighted by molar-refractivity contribution is 0.0117. The van der Waals surface area contributed by atoms with Crippen LogP contribution in [-0.4, -0.2) is 48.9 Å². The molecule has 0 spiro atoms. The van der Waals surface area contributed by atoms with E-state index in [2.05, 4.69) is 4.18 Å². The zero-order valence-electron chi connectivity index (χ0n) is 15.4. The molecule has 7 heteroatoms. The number of aliphatic hydroxyl groups is 1. The van der Waals surface area contributed by atoms with Crippen LogP contribution in [0.4, 0.5) is 4.79 Å². The molecule has 0 radical (unpaired) electrons. The third-order valence-electron chi connectivity index (χ3n) is 4.09. The summed E-state index contributed by atoms with van der Waals surface area (Å²) in [6.45, 7) is 8.83. The number of benzene rings is 1. The number of likely N-dealkylation sites (tertiary alicyclic amines) is 1. The lowest BCUT2D eigenvalue weighted by atomic mass is 9.98. The maximum absolute atomic E-state index is 12.3. The molecule has 0 atom stereocenters. The van der Waals surface area contributed by atoms with Crippen LogP contribution >= 0.6 is 0 Å². The van der Waals surface area contributed by atoms with Crippen LogP contribution in [0.3, 0.4) is 0 Å². The highest BCUT2D eigenvalue weighted by atomic mass is 32.2. The van der Waals surface area contributed by atoms with Crippen LogP contribution in [0.2, 0.25) is 0 Å². The van der Waals surface area contributed by atoms with Gasteiger partial charge in [-0.3, -0.25) is 0 Å². The topological polar surface area (TPSA) is 76.5 Å². The van der Waals surface area contributed by atoms with E-state index in [9.17, 15) is 13.2 Å². The Kier molecular flexibility index (Phi) is 6.11. The highest BCUT2D eigenvalue weighted by Gasteiger charge is 2.30. The van der Waals surface area contributed by atoms with Crippen LogP contribution in [0.25, 0.3) is 0 Å². The number of amides is 1. The molecule has 1 heterocycles. The quantitative estimate of drug-likeness (QED) is 0.464. The van der Waals surface area contributed by atoms with Gasteiger partial charge < -0.3 is 13.8 Å². The van der Waals surface area contributed by atoms with Crippen LogP contribution in [-0.2, 0) is 14.9 Å². The zero-order chi connectivity index (χ0) is 18.7. The summed E-state index contributed by atoms with van der Waals surface area (Å²) < 4.78 is 33.8. The number of nitrogens with zero attached hydrogens (tertiary/aromatic N) is 1. The first kappa shape index (κ1) is 19.7. The summed E-state index contributed by atoms with van der Waals surface area (Å²) in [4.78, 5) is 13.9. The fraction of sp³-hybridized carbons (Fsp3) is 0.611. The van der Waals surface area contributed by atoms with E-state index in [1.807, 2.05) is 27.7 Å². The molecule has 1 saturated heterocycles. The predicted octanol–water partition coefficient (Wildman–Crippen LogP) is 2.86. The van der Waals surface area contributed by atoms with Crippen LogP contribution in [0.1, 0.15) is 39.2 Å². The van der Waals surface area contributed by atoms with Gasteiger partial charge in [-0.15, -0.1) is 8.42 Å². The summed E-state index contributed by atoms with van der Waals surface area (Å²) in [6.07, 6.45) is 1.15. The number of rotatable bonds is 4. The van der Waals surface area contributed by atoms with Gasteiger partial charge in [-0.05, 0) is 52.7 Å². The highest BCUT2D eigenvalue weighted by molar-refractivity contribution is 7.86. The van der Waals surface area contributed by atoms with E-state index < -0.39 is 15.7 Å². The van der Waals surface area contributed by atoms with E-state index >= 15 is 0 Å². The summed E-state index contributed by atoms with van der Waals surface area (Å²) in [6, 6.07) is 6.70. The minimum absolute atomic E-state index is 0.166. The van der Waals surface area contributed by atoms with Crippen molar-refractivity contribution in [2.24, 2.45) is 5.92 Å². The Hall–Kier alpha value is -1.60. The van der Waals surface area contributed by atoms with Gasteiger partial charge in [-0.1, -0.05) is 17.7 Å². The molecule has 2 rings (SSSR count). The van der Waals surface area contributed by atoms with E-state index in [1.54, 1.807) is 29.2 Å². The fourth-order valence-corrected chi connectivity index (χ4v) is 3.65. The monoisotopic (exact) mass is 370 g/mol. The van der Waals surface area contributed by atoms with Gasteiger partial charge in [-0.2, -0.15) is 0 Å². The summed E-state index contributed by atoms with van der Waals surface area (Å²) in [5.41, 5.74) is 0.499. The maximum Gasteiger partial charge on any atom is 0.410 e. The second-order valence-corrected chi connectivity index (χ2v) is 9.19. The Morgan fingerprint density at radius 3 is 2.28 bits per heavy atom. The number of aryl methyl sites for hydroxylation is 1. The summed E-state index contributed by atoms with van der Waals surface area (Å²) in [7, 11) is -3.61. The van der Waals surface area contributed by atoms with Crippen molar-refractivity contribution in [1.29, 1.82) is 0 Å². The number of carbonyl (C=O) groups is 1. The maximum atomic E-state index is 12.3. The van der Waals surface area contributed by atoms with E-state index in [0.717, 1.165) is 18.4 Å². The van der Waals surface area contributed by atoms with Gasteiger partial charge in [0.25, 0.3) is 0 Å². The molecule has 0 aliphatic carbocycles. The second-order valence-electron chi connectivity index (χ2n) is 7.51. The molecule has 1 aliphatic heterocycles. The van der Waals surface area contributed by atoms with Crippen LogP contribution < -0.4 is 0 Å². The first-order valence-corrected chi connectivity index (χ1v) is 9.99. The number of carbonyl (C=O) groups excluding carboxylic acids is 1. The smallest absolute Gasteiger partial charge is 0.410 e. The molecule has 0 unspecified atom stereocenters. The Labute approximate surface area is 150 Å². The standard InChI is InChI=1S/C18H27NO5S/c1-14-5-7-16(8-6-14)25(21,22)23-13-15-9-11-19(12-10-15)17(20)24-18(2,3)4/h5-8,15H,9-13H2,1-4H3/p+1. The highest BCUT2D eigenvalue weighted by Crippen LogP contribution is 2.21. The van der Waals surface area contributed by atoms with Crippen molar-refractivity contribution < 1.29 is 22.1 Å². The van der Waals surface area contributed by atoms with Crippen molar-refractivity contribution in [2.75, 3.05) is 19.7 Å². The summed E-state index contributed by atoms with van der Waals surface area (Å²) in [5, 5.41) is 0. The van der Waals surface area contributed by atoms with E-state index in [1.165, 1.54) is 0 Å². The third kappa shape index (κ3) is 6.01. The molecule has 25 heavy (non-hydrogen) atoms. The van der Waals surface area contributed by atoms with Crippen molar-refractivity contribution in [3.8, 4) is 0 Å². The third-order valence-corrected chi connectivity index (χ3v) is 5.44. The van der Waals surface area contributed by atoms with Crippen LogP contribution in [0, 0.1) is 12.8 Å². The number of ether oxygens (including phenoxy) is 1. The largest absolute Gasteiger partial charge is 0.444 e. The number of hydrogen-bond donors (Lipinski definition) is 0. The first-order chi connectivity index (χ1) is 11.6. The molecule has 6 nitrogen and oxygen atoms in total. The van der Waals surface area contributed by atoms with Crippen molar-refractivity contribution in [3.63, 3.8) is 0 Å². The molecule has 1 amide bonds. The molecule has 0 aromatic heterocycles. The Morgan fingerprint density at radius 2 is 1.76 bits per heavy atom. The molecule has 0 saturated carbocycles. The van der Waals surface area contributed by atoms with Crippen molar-refractivity contribution in [3.05, 3.63) is 29.8 Å². The van der Waals surface area contributed by atoms with Gasteiger partial charge in [0, 0.05) is 19.0 Å². The Balaban J connectivity index is 1.82. The number of hydrogen-bond acceptors (Lipinski definition) is 4. The Morgan fingerprint density at radius 1 is 1.20 bits per heavy atom. The van der Waals surface area contributed by atoms with E-state index in [4.69, 9.17) is 4.74 Å². The van der Waals surface area contributed by atoms with Crippen LogP contribution in [0.5, 0.6) is 0 Å². The minimum atomic E-state index is -3.61. The van der Waals surface area contributed by atoms with Crippen molar-refractivity contribution in [1.82, 2.24) is 4.90 Å². The second kappa shape index (κ2) is 7.74. The van der Waals surface area contributed by atoms with Crippen molar-refractivity contribution >= 4 is 16.2 Å². The lowest BCUT2D eigenvalue weighted by Crippen LogP contribution is -2.42. The molecular weight excluding hydrogens is 342 g/mol. The van der Waals surface area contributed by atoms with Gasteiger partial charge in [0.1, 0.15) is 10.5 Å². The van der Waals surface area contributed by atoms with Gasteiger partial charge in [0.05, 0.1) is 0 Å². The lowest BCUT2D eigenvalue weighted by Gasteiger charge is -2.32. The van der Waals surface area contributed by atoms with Gasteiger partial charge in [-0.25, -0.2) is 4.79 Å². The first-order valence-electron chi connectivity index (χ1n) is 8.55. The van der Waals surface area contributed by atoms with E-state index in [0.29, 0.717) is 13.1 Å². The number of piperidine rings is 1. The molecule has 1 aromatic rings. The average molecular weight is 370 g/mol. The average Bonchev–Trinajstić information content (AvgIpc) is 2.52. The van der Waals surface area contributed by atoms with E-state index in [-0.39, 0.29) is 23.5 Å². The summed E-state index contributed by atoms with van der Waals surface area (Å²) >= 11 is 0. The van der Waals surface area contributed by atoms with Gasteiger partial charge in [0.2, 0.25) is 0 Å². The molecule has 1 aromatic carbocycles. The summed E-state index contributed by atoms with van der Waals surface area (Å²) in [5.74, 6) is 0.166. The SMILES string of the molecule is Cc1ccc(S(=O)(=O)[OH+]CC2CCN(C(=O)OC(C)(C)C)CC2)cc1. The van der Waals surface area contributed by atoms with Crippen molar-refractivity contribution in [2.45, 2.75) is 51.0 Å². The van der Waals surface area contributed by atoms with Gasteiger partial charge >= 0.3 is 16.2 Å². The molecule has 1 fully saturated rings. The molecule has 1 N–H and O–H groups in total. The molecular formula is C18H28NO5S+. The fourth-order valence-electron chi connectivity index (χ4n) is 2.61.